The summed E-state index contributed by atoms with van der Waals surface area (Å²) < 4.78 is 0. The lowest BCUT2D eigenvalue weighted by atomic mass is 9.88. The molecule has 2 saturated carbocycles. The van der Waals surface area contributed by atoms with Crippen LogP contribution in [-0.4, -0.2) is 29.4 Å². The molecular formula is C15H28N2O. The van der Waals surface area contributed by atoms with Crippen LogP contribution in [0.4, 0.5) is 0 Å². The fraction of sp³-hybridized carbons (Fsp3) is 0.933. The van der Waals surface area contributed by atoms with Gasteiger partial charge in [-0.15, -0.1) is 0 Å². The number of nitrogens with two attached hydrogens (primary N) is 1. The van der Waals surface area contributed by atoms with Gasteiger partial charge in [0.2, 0.25) is 5.91 Å². The van der Waals surface area contributed by atoms with E-state index in [1.165, 1.54) is 44.9 Å². The SMILES string of the molecule is CC(N)C(C)C(=O)N(CC1CCCCC1)C1CC1. The van der Waals surface area contributed by atoms with E-state index in [1.807, 2.05) is 13.8 Å². The van der Waals surface area contributed by atoms with Crippen molar-refractivity contribution in [3.8, 4) is 0 Å². The first-order valence-corrected chi connectivity index (χ1v) is 7.65. The fourth-order valence-corrected chi connectivity index (χ4v) is 2.94. The van der Waals surface area contributed by atoms with Gasteiger partial charge < -0.3 is 10.6 Å². The van der Waals surface area contributed by atoms with Crippen molar-refractivity contribution in [2.24, 2.45) is 17.6 Å². The highest BCUT2D eigenvalue weighted by molar-refractivity contribution is 5.79. The molecule has 0 radical (unpaired) electrons. The van der Waals surface area contributed by atoms with E-state index in [-0.39, 0.29) is 17.9 Å². The third-order valence-corrected chi connectivity index (χ3v) is 4.63. The number of hydrogen-bond acceptors (Lipinski definition) is 2. The molecule has 2 N–H and O–H groups in total. The Hall–Kier alpha value is -0.570. The molecule has 1 amide bonds. The van der Waals surface area contributed by atoms with Gasteiger partial charge in [0.15, 0.2) is 0 Å². The van der Waals surface area contributed by atoms with Gasteiger partial charge in [0.05, 0.1) is 5.92 Å². The van der Waals surface area contributed by atoms with Gasteiger partial charge in [0.1, 0.15) is 0 Å². The summed E-state index contributed by atoms with van der Waals surface area (Å²) in [7, 11) is 0. The highest BCUT2D eigenvalue weighted by atomic mass is 16.2. The first-order chi connectivity index (χ1) is 8.59. The molecule has 0 saturated heterocycles. The zero-order valence-electron chi connectivity index (χ0n) is 11.9. The Morgan fingerprint density at radius 2 is 1.78 bits per heavy atom. The summed E-state index contributed by atoms with van der Waals surface area (Å²) in [6.45, 7) is 4.90. The van der Waals surface area contributed by atoms with Gasteiger partial charge in [-0.25, -0.2) is 0 Å². The molecule has 2 aliphatic carbocycles. The molecule has 0 spiro atoms. The second-order valence-electron chi connectivity index (χ2n) is 6.37. The van der Waals surface area contributed by atoms with Crippen LogP contribution in [-0.2, 0) is 4.79 Å². The average molecular weight is 252 g/mol. The topological polar surface area (TPSA) is 46.3 Å². The molecule has 0 aliphatic heterocycles. The Kier molecular flexibility index (Phi) is 4.66. The molecule has 104 valence electrons. The Morgan fingerprint density at radius 3 is 2.28 bits per heavy atom. The van der Waals surface area contributed by atoms with E-state index in [1.54, 1.807) is 0 Å². The first kappa shape index (κ1) is 13.9. The number of carbonyl (C=O) groups is 1. The van der Waals surface area contributed by atoms with Gasteiger partial charge in [-0.05, 0) is 38.5 Å². The van der Waals surface area contributed by atoms with Crippen LogP contribution >= 0.6 is 0 Å². The molecule has 3 nitrogen and oxygen atoms in total. The van der Waals surface area contributed by atoms with Gasteiger partial charge in [-0.1, -0.05) is 26.2 Å². The number of nitrogens with zero attached hydrogens (tertiary/aromatic N) is 1. The van der Waals surface area contributed by atoms with E-state index in [9.17, 15) is 4.79 Å². The highest BCUT2D eigenvalue weighted by Gasteiger charge is 2.36. The van der Waals surface area contributed by atoms with Gasteiger partial charge in [-0.2, -0.15) is 0 Å². The second kappa shape index (κ2) is 6.05. The summed E-state index contributed by atoms with van der Waals surface area (Å²) in [5.41, 5.74) is 5.88. The minimum absolute atomic E-state index is 0.0332. The van der Waals surface area contributed by atoms with Crippen LogP contribution in [0.25, 0.3) is 0 Å². The predicted octanol–water partition coefficient (Wildman–Crippen LogP) is 2.54. The van der Waals surface area contributed by atoms with Crippen LogP contribution in [0.1, 0.15) is 58.8 Å². The van der Waals surface area contributed by atoms with E-state index in [4.69, 9.17) is 5.73 Å². The molecule has 3 heteroatoms. The molecule has 2 fully saturated rings. The van der Waals surface area contributed by atoms with Crippen molar-refractivity contribution in [2.45, 2.75) is 70.9 Å². The summed E-state index contributed by atoms with van der Waals surface area (Å²) >= 11 is 0. The van der Waals surface area contributed by atoms with Crippen LogP contribution < -0.4 is 5.73 Å². The van der Waals surface area contributed by atoms with Crippen molar-refractivity contribution >= 4 is 5.91 Å². The molecule has 2 aliphatic rings. The molecule has 2 rings (SSSR count). The van der Waals surface area contributed by atoms with Crippen molar-refractivity contribution in [2.75, 3.05) is 6.54 Å². The van der Waals surface area contributed by atoms with E-state index in [0.717, 1.165) is 12.5 Å². The Morgan fingerprint density at radius 1 is 1.17 bits per heavy atom. The highest BCUT2D eigenvalue weighted by Crippen LogP contribution is 2.32. The van der Waals surface area contributed by atoms with Crippen molar-refractivity contribution in [3.63, 3.8) is 0 Å². The molecule has 0 aromatic heterocycles. The minimum Gasteiger partial charge on any atom is -0.339 e. The van der Waals surface area contributed by atoms with E-state index in [2.05, 4.69) is 4.90 Å². The third kappa shape index (κ3) is 3.47. The zero-order valence-corrected chi connectivity index (χ0v) is 11.9. The van der Waals surface area contributed by atoms with Gasteiger partial charge >= 0.3 is 0 Å². The molecule has 18 heavy (non-hydrogen) atoms. The molecular weight excluding hydrogens is 224 g/mol. The maximum absolute atomic E-state index is 12.5. The smallest absolute Gasteiger partial charge is 0.227 e. The molecule has 2 atom stereocenters. The summed E-state index contributed by atoms with van der Waals surface area (Å²) in [6, 6.07) is 0.491. The molecule has 0 bridgehead atoms. The fourth-order valence-electron chi connectivity index (χ4n) is 2.94. The van der Waals surface area contributed by atoms with Crippen LogP contribution in [0.2, 0.25) is 0 Å². The first-order valence-electron chi connectivity index (χ1n) is 7.65. The summed E-state index contributed by atoms with van der Waals surface area (Å²) in [6.07, 6.45) is 9.09. The lowest BCUT2D eigenvalue weighted by Gasteiger charge is -2.32. The number of hydrogen-bond donors (Lipinski definition) is 1. The Labute approximate surface area is 111 Å². The Bertz CT molecular complexity index is 280. The van der Waals surface area contributed by atoms with Crippen LogP contribution in [0.3, 0.4) is 0 Å². The quantitative estimate of drug-likeness (QED) is 0.817. The number of amides is 1. The van der Waals surface area contributed by atoms with Crippen LogP contribution in [0.5, 0.6) is 0 Å². The molecule has 0 aromatic rings. The monoisotopic (exact) mass is 252 g/mol. The number of carbonyl (C=O) groups excluding carboxylic acids is 1. The predicted molar refractivity (Wildman–Crippen MR) is 74.1 cm³/mol. The molecule has 0 heterocycles. The van der Waals surface area contributed by atoms with Crippen LogP contribution in [0, 0.1) is 11.8 Å². The van der Waals surface area contributed by atoms with Crippen LogP contribution in [0.15, 0.2) is 0 Å². The molecule has 0 aromatic carbocycles. The zero-order chi connectivity index (χ0) is 13.1. The van der Waals surface area contributed by atoms with E-state index < -0.39 is 0 Å². The lowest BCUT2D eigenvalue weighted by Crippen LogP contribution is -2.45. The summed E-state index contributed by atoms with van der Waals surface area (Å²) in [5.74, 6) is 0.996. The third-order valence-electron chi connectivity index (χ3n) is 4.63. The lowest BCUT2D eigenvalue weighted by molar-refractivity contribution is -0.137. The average Bonchev–Trinajstić information content (AvgIpc) is 3.19. The van der Waals surface area contributed by atoms with Gasteiger partial charge in [0, 0.05) is 18.6 Å². The molecule has 2 unspecified atom stereocenters. The van der Waals surface area contributed by atoms with Gasteiger partial charge in [0.25, 0.3) is 0 Å². The summed E-state index contributed by atoms with van der Waals surface area (Å²) in [5, 5.41) is 0. The summed E-state index contributed by atoms with van der Waals surface area (Å²) in [4.78, 5) is 14.6. The minimum atomic E-state index is -0.0369. The largest absolute Gasteiger partial charge is 0.339 e. The van der Waals surface area contributed by atoms with Crippen molar-refractivity contribution in [1.29, 1.82) is 0 Å². The maximum Gasteiger partial charge on any atom is 0.227 e. The maximum atomic E-state index is 12.5. The second-order valence-corrected chi connectivity index (χ2v) is 6.37. The van der Waals surface area contributed by atoms with Crippen molar-refractivity contribution < 1.29 is 4.79 Å². The van der Waals surface area contributed by atoms with E-state index in [0.29, 0.717) is 6.04 Å². The normalized spacial score (nSPS) is 24.6. The van der Waals surface area contributed by atoms with Gasteiger partial charge in [-0.3, -0.25) is 4.79 Å². The number of rotatable bonds is 5. The van der Waals surface area contributed by atoms with Crippen molar-refractivity contribution in [3.05, 3.63) is 0 Å². The van der Waals surface area contributed by atoms with Crippen molar-refractivity contribution in [1.82, 2.24) is 4.90 Å². The Balaban J connectivity index is 1.92. The standard InChI is InChI=1S/C15H28N2O/c1-11(12(2)16)15(18)17(14-8-9-14)10-13-6-4-3-5-7-13/h11-14H,3-10,16H2,1-2H3. The van der Waals surface area contributed by atoms with E-state index >= 15 is 0 Å².